The van der Waals surface area contributed by atoms with Crippen LogP contribution in [0.1, 0.15) is 11.1 Å². The van der Waals surface area contributed by atoms with Gasteiger partial charge in [0.1, 0.15) is 5.58 Å². The van der Waals surface area contributed by atoms with Crippen LogP contribution in [0.3, 0.4) is 0 Å². The second-order valence-electron chi connectivity index (χ2n) is 4.99. The van der Waals surface area contributed by atoms with E-state index in [2.05, 4.69) is 16.8 Å². The van der Waals surface area contributed by atoms with Gasteiger partial charge in [0.05, 0.1) is 0 Å². The molecule has 20 heavy (non-hydrogen) atoms. The first kappa shape index (κ1) is 13.2. The molecule has 0 radical (unpaired) electrons. The highest BCUT2D eigenvalue weighted by Gasteiger charge is 2.23. The molecule has 5 heteroatoms. The molecule has 2 aromatic rings. The van der Waals surface area contributed by atoms with Gasteiger partial charge in [0, 0.05) is 29.1 Å². The third kappa shape index (κ3) is 2.11. The van der Waals surface area contributed by atoms with Crippen LogP contribution in [-0.2, 0) is 17.8 Å². The summed E-state index contributed by atoms with van der Waals surface area (Å²) in [5, 5.41) is 4.51. The Labute approximate surface area is 122 Å². The molecule has 0 bridgehead atoms. The fourth-order valence-electron chi connectivity index (χ4n) is 2.61. The molecule has 0 aliphatic carbocycles. The summed E-state index contributed by atoms with van der Waals surface area (Å²) in [6.07, 6.45) is 2.10. The molecule has 0 saturated carbocycles. The average Bonchev–Trinajstić information content (AvgIpc) is 2.64. The lowest BCUT2D eigenvalue weighted by Crippen LogP contribution is -2.19. The number of benzene rings is 1. The van der Waals surface area contributed by atoms with Crippen LogP contribution in [0.5, 0.6) is 0 Å². The number of carbonyl (C=O) groups is 1. The summed E-state index contributed by atoms with van der Waals surface area (Å²) in [7, 11) is 2.04. The second kappa shape index (κ2) is 4.96. The van der Waals surface area contributed by atoms with E-state index < -0.39 is 0 Å². The van der Waals surface area contributed by atoms with E-state index >= 15 is 0 Å². The van der Waals surface area contributed by atoms with E-state index in [9.17, 15) is 4.79 Å². The normalized spacial score (nSPS) is 15.1. The molecule has 3 rings (SSSR count). The molecule has 1 aromatic carbocycles. The first-order chi connectivity index (χ1) is 9.60. The Balaban J connectivity index is 2.22. The van der Waals surface area contributed by atoms with E-state index in [1.807, 2.05) is 19.2 Å². The molecule has 1 aliphatic rings. The molecular weight excluding hydrogens is 276 g/mol. The van der Waals surface area contributed by atoms with Crippen LogP contribution < -0.4 is 5.32 Å². The number of carbonyl (C=O) groups excluding carboxylic acids is 1. The molecule has 2 heterocycles. The minimum atomic E-state index is -0.278. The summed E-state index contributed by atoms with van der Waals surface area (Å²) >= 11 is 6.31. The van der Waals surface area contributed by atoms with Gasteiger partial charge in [-0.1, -0.05) is 18.2 Å². The Morgan fingerprint density at radius 1 is 1.50 bits per heavy atom. The van der Waals surface area contributed by atoms with E-state index in [1.54, 1.807) is 0 Å². The van der Waals surface area contributed by atoms with Crippen molar-refractivity contribution in [2.75, 3.05) is 18.9 Å². The number of nitrogens with zero attached hydrogens (tertiary/aromatic N) is 1. The Morgan fingerprint density at radius 2 is 2.30 bits per heavy atom. The van der Waals surface area contributed by atoms with Crippen LogP contribution in [0.4, 0.5) is 5.88 Å². The number of hydrogen-bond donors (Lipinski definition) is 1. The number of rotatable bonds is 2. The number of hydrogen-bond acceptors (Lipinski definition) is 3. The summed E-state index contributed by atoms with van der Waals surface area (Å²) in [6.45, 7) is 5.09. The predicted octanol–water partition coefficient (Wildman–Crippen LogP) is 3.20. The fourth-order valence-corrected chi connectivity index (χ4v) is 2.86. The first-order valence-corrected chi connectivity index (χ1v) is 6.82. The van der Waals surface area contributed by atoms with Crippen molar-refractivity contribution in [1.29, 1.82) is 0 Å². The number of amides is 1. The van der Waals surface area contributed by atoms with Crippen molar-refractivity contribution >= 4 is 34.4 Å². The highest BCUT2D eigenvalue weighted by atomic mass is 35.5. The number of anilines is 1. The highest BCUT2D eigenvalue weighted by Crippen LogP contribution is 2.38. The summed E-state index contributed by atoms with van der Waals surface area (Å²) < 4.78 is 5.78. The van der Waals surface area contributed by atoms with E-state index in [0.717, 1.165) is 40.1 Å². The molecule has 0 atom stereocenters. The second-order valence-corrected chi connectivity index (χ2v) is 5.40. The SMILES string of the molecule is C=CC(=O)Nc1oc2ccc(Cl)c3c2c1CN(C)CC3. The van der Waals surface area contributed by atoms with Crippen molar-refractivity contribution in [3.05, 3.63) is 40.9 Å². The van der Waals surface area contributed by atoms with Crippen LogP contribution in [0, 0.1) is 0 Å². The number of likely N-dealkylation sites (N-methyl/N-ethyl adjacent to an activating group) is 1. The van der Waals surface area contributed by atoms with Crippen LogP contribution in [0.15, 0.2) is 29.2 Å². The van der Waals surface area contributed by atoms with Gasteiger partial charge in [0.2, 0.25) is 11.8 Å². The van der Waals surface area contributed by atoms with Crippen molar-refractivity contribution in [1.82, 2.24) is 4.90 Å². The number of halogens is 1. The largest absolute Gasteiger partial charge is 0.440 e. The summed E-state index contributed by atoms with van der Waals surface area (Å²) in [6, 6.07) is 3.69. The molecule has 1 aromatic heterocycles. The zero-order valence-electron chi connectivity index (χ0n) is 11.2. The van der Waals surface area contributed by atoms with E-state index in [0.29, 0.717) is 12.4 Å². The highest BCUT2D eigenvalue weighted by molar-refractivity contribution is 6.32. The maximum absolute atomic E-state index is 11.5. The van der Waals surface area contributed by atoms with Gasteiger partial charge >= 0.3 is 0 Å². The lowest BCUT2D eigenvalue weighted by molar-refractivity contribution is -0.112. The molecule has 1 amide bonds. The van der Waals surface area contributed by atoms with Gasteiger partial charge in [0.25, 0.3) is 0 Å². The zero-order valence-corrected chi connectivity index (χ0v) is 12.0. The third-order valence-corrected chi connectivity index (χ3v) is 3.95. The van der Waals surface area contributed by atoms with Gasteiger partial charge in [-0.15, -0.1) is 0 Å². The van der Waals surface area contributed by atoms with Gasteiger partial charge in [-0.3, -0.25) is 10.1 Å². The quantitative estimate of drug-likeness (QED) is 0.864. The lowest BCUT2D eigenvalue weighted by Gasteiger charge is -2.13. The molecule has 104 valence electrons. The van der Waals surface area contributed by atoms with Crippen molar-refractivity contribution in [2.24, 2.45) is 0 Å². The van der Waals surface area contributed by atoms with E-state index in [1.165, 1.54) is 6.08 Å². The number of nitrogens with one attached hydrogen (secondary N) is 1. The predicted molar refractivity (Wildman–Crippen MR) is 80.1 cm³/mol. The standard InChI is InChI=1S/C15H15ClN2O2/c1-3-13(19)17-15-10-8-18(2)7-6-9-11(16)4-5-12(20-15)14(9)10/h3-5H,1,6-8H2,2H3,(H,17,19). The molecule has 1 N–H and O–H groups in total. The van der Waals surface area contributed by atoms with Crippen molar-refractivity contribution in [3.63, 3.8) is 0 Å². The van der Waals surface area contributed by atoms with Crippen molar-refractivity contribution in [3.8, 4) is 0 Å². The zero-order chi connectivity index (χ0) is 14.3. The van der Waals surface area contributed by atoms with Gasteiger partial charge < -0.3 is 9.32 Å². The molecule has 0 unspecified atom stereocenters. The molecule has 0 fully saturated rings. The fraction of sp³-hybridized carbons (Fsp3) is 0.267. The monoisotopic (exact) mass is 290 g/mol. The molecule has 0 spiro atoms. The minimum absolute atomic E-state index is 0.278. The first-order valence-electron chi connectivity index (χ1n) is 6.45. The topological polar surface area (TPSA) is 45.5 Å². The summed E-state index contributed by atoms with van der Waals surface area (Å²) in [5.74, 6) is 0.210. The third-order valence-electron chi connectivity index (χ3n) is 3.60. The molecule has 4 nitrogen and oxygen atoms in total. The lowest BCUT2D eigenvalue weighted by atomic mass is 10.0. The van der Waals surface area contributed by atoms with Crippen LogP contribution in [-0.4, -0.2) is 24.4 Å². The molecular formula is C15H15ClN2O2. The van der Waals surface area contributed by atoms with E-state index in [4.69, 9.17) is 16.0 Å². The van der Waals surface area contributed by atoms with Crippen LogP contribution in [0.2, 0.25) is 5.02 Å². The summed E-state index contributed by atoms with van der Waals surface area (Å²) in [4.78, 5) is 13.7. The Hall–Kier alpha value is -1.78. The van der Waals surface area contributed by atoms with Gasteiger partial charge in [-0.05, 0) is 37.2 Å². The van der Waals surface area contributed by atoms with Gasteiger partial charge in [-0.25, -0.2) is 0 Å². The van der Waals surface area contributed by atoms with Crippen molar-refractivity contribution < 1.29 is 9.21 Å². The molecule has 1 aliphatic heterocycles. The van der Waals surface area contributed by atoms with Crippen molar-refractivity contribution in [2.45, 2.75) is 13.0 Å². The number of furan rings is 1. The Morgan fingerprint density at radius 3 is 3.05 bits per heavy atom. The molecule has 0 saturated heterocycles. The van der Waals surface area contributed by atoms with Crippen LogP contribution >= 0.6 is 11.6 Å². The van der Waals surface area contributed by atoms with Crippen LogP contribution in [0.25, 0.3) is 11.0 Å². The van der Waals surface area contributed by atoms with E-state index in [-0.39, 0.29) is 5.91 Å². The maximum atomic E-state index is 11.5. The maximum Gasteiger partial charge on any atom is 0.250 e. The van der Waals surface area contributed by atoms with Gasteiger partial charge in [0.15, 0.2) is 0 Å². The summed E-state index contributed by atoms with van der Waals surface area (Å²) in [5.41, 5.74) is 2.83. The Kier molecular flexibility index (Phi) is 3.28. The minimum Gasteiger partial charge on any atom is -0.440 e. The van der Waals surface area contributed by atoms with Gasteiger partial charge in [-0.2, -0.15) is 0 Å². The Bertz CT molecular complexity index is 705. The average molecular weight is 291 g/mol. The smallest absolute Gasteiger partial charge is 0.250 e.